The predicted octanol–water partition coefficient (Wildman–Crippen LogP) is 3.79. The highest BCUT2D eigenvalue weighted by atomic mass is 19.4. The predicted molar refractivity (Wildman–Crippen MR) is 58.5 cm³/mol. The van der Waals surface area contributed by atoms with Gasteiger partial charge in [-0.15, -0.1) is 0 Å². The van der Waals surface area contributed by atoms with Crippen molar-refractivity contribution in [2.75, 3.05) is 0 Å². The van der Waals surface area contributed by atoms with Gasteiger partial charge in [0.2, 0.25) is 0 Å². The van der Waals surface area contributed by atoms with Crippen molar-refractivity contribution >= 4 is 0 Å². The quantitative estimate of drug-likeness (QED) is 0.780. The lowest BCUT2D eigenvalue weighted by atomic mass is 10.3. The number of aryl methyl sites for hydroxylation is 2. The van der Waals surface area contributed by atoms with Crippen molar-refractivity contribution in [3.63, 3.8) is 0 Å². The third-order valence-electron chi connectivity index (χ3n) is 2.38. The Kier molecular flexibility index (Phi) is 6.85. The SMILES string of the molecule is CCCCn1c(C)nc(C)c1C.FC(F)F. The van der Waals surface area contributed by atoms with Gasteiger partial charge >= 0.3 is 6.68 Å². The molecular weight excluding hydrogens is 217 g/mol. The van der Waals surface area contributed by atoms with Gasteiger partial charge < -0.3 is 4.57 Å². The number of aromatic nitrogens is 2. The van der Waals surface area contributed by atoms with Gasteiger partial charge in [0, 0.05) is 12.2 Å². The van der Waals surface area contributed by atoms with Crippen molar-refractivity contribution in [2.45, 2.75) is 53.8 Å². The van der Waals surface area contributed by atoms with Gasteiger partial charge in [0.1, 0.15) is 5.82 Å². The molecule has 1 aromatic heterocycles. The second-order valence-electron chi connectivity index (χ2n) is 3.58. The molecule has 0 saturated carbocycles. The fourth-order valence-corrected chi connectivity index (χ4v) is 1.47. The first kappa shape index (κ1) is 15.0. The zero-order valence-electron chi connectivity index (χ0n) is 10.2. The van der Waals surface area contributed by atoms with Gasteiger partial charge in [-0.1, -0.05) is 13.3 Å². The van der Waals surface area contributed by atoms with Crippen LogP contribution in [-0.2, 0) is 6.54 Å². The van der Waals surface area contributed by atoms with Crippen LogP contribution in [-0.4, -0.2) is 16.2 Å². The molecule has 1 heterocycles. The molecule has 94 valence electrons. The third-order valence-corrected chi connectivity index (χ3v) is 2.38. The Morgan fingerprint density at radius 3 is 2.00 bits per heavy atom. The number of alkyl halides is 3. The van der Waals surface area contributed by atoms with Crippen LogP contribution in [0.15, 0.2) is 0 Å². The fraction of sp³-hybridized carbons (Fsp3) is 0.727. The largest absolute Gasteiger partial charge is 0.379 e. The van der Waals surface area contributed by atoms with E-state index in [0.717, 1.165) is 12.4 Å². The molecule has 0 spiro atoms. The van der Waals surface area contributed by atoms with Crippen LogP contribution >= 0.6 is 0 Å². The van der Waals surface area contributed by atoms with E-state index in [0.29, 0.717) is 0 Å². The highest BCUT2D eigenvalue weighted by molar-refractivity contribution is 5.13. The summed E-state index contributed by atoms with van der Waals surface area (Å²) in [7, 11) is 0. The van der Waals surface area contributed by atoms with Gasteiger partial charge in [0.15, 0.2) is 0 Å². The van der Waals surface area contributed by atoms with E-state index < -0.39 is 6.68 Å². The molecule has 1 rings (SSSR count). The summed E-state index contributed by atoms with van der Waals surface area (Å²) in [4.78, 5) is 4.43. The maximum absolute atomic E-state index is 9.67. The minimum atomic E-state index is -3.67. The van der Waals surface area contributed by atoms with Gasteiger partial charge in [0.05, 0.1) is 5.69 Å². The zero-order chi connectivity index (χ0) is 12.7. The lowest BCUT2D eigenvalue weighted by Crippen LogP contribution is -2.02. The highest BCUT2D eigenvalue weighted by Gasteiger charge is 2.05. The summed E-state index contributed by atoms with van der Waals surface area (Å²) in [6.07, 6.45) is 2.49. The van der Waals surface area contributed by atoms with E-state index in [2.05, 4.69) is 37.2 Å². The molecule has 0 unspecified atom stereocenters. The van der Waals surface area contributed by atoms with Crippen molar-refractivity contribution in [1.29, 1.82) is 0 Å². The van der Waals surface area contributed by atoms with E-state index in [9.17, 15) is 13.2 Å². The summed E-state index contributed by atoms with van der Waals surface area (Å²) in [5.41, 5.74) is 2.49. The Balaban J connectivity index is 0.000000487. The molecular formula is C11H19F3N2. The molecule has 0 aliphatic carbocycles. The van der Waals surface area contributed by atoms with Gasteiger partial charge in [0.25, 0.3) is 0 Å². The minimum absolute atomic E-state index is 1.12. The molecule has 1 aromatic rings. The Morgan fingerprint density at radius 1 is 1.19 bits per heavy atom. The summed E-state index contributed by atoms with van der Waals surface area (Å²) in [6.45, 7) is 5.97. The van der Waals surface area contributed by atoms with Gasteiger partial charge in [-0.2, -0.15) is 13.2 Å². The van der Waals surface area contributed by atoms with E-state index in [1.807, 2.05) is 0 Å². The van der Waals surface area contributed by atoms with Crippen LogP contribution in [0, 0.1) is 20.8 Å². The second-order valence-corrected chi connectivity index (χ2v) is 3.58. The van der Waals surface area contributed by atoms with Crippen LogP contribution in [0.1, 0.15) is 37.0 Å². The minimum Gasteiger partial charge on any atom is -0.332 e. The number of hydrogen-bond donors (Lipinski definition) is 0. The van der Waals surface area contributed by atoms with Crippen LogP contribution in [0.2, 0.25) is 0 Å². The van der Waals surface area contributed by atoms with Crippen molar-refractivity contribution < 1.29 is 13.2 Å². The lowest BCUT2D eigenvalue weighted by molar-refractivity contribution is 0.00819. The molecule has 5 heteroatoms. The molecule has 0 aliphatic rings. The zero-order valence-corrected chi connectivity index (χ0v) is 10.2. The second kappa shape index (κ2) is 7.30. The van der Waals surface area contributed by atoms with Crippen molar-refractivity contribution in [3.8, 4) is 0 Å². The molecule has 0 N–H and O–H groups in total. The molecule has 0 bridgehead atoms. The van der Waals surface area contributed by atoms with Crippen LogP contribution in [0.5, 0.6) is 0 Å². The van der Waals surface area contributed by atoms with Gasteiger partial charge in [-0.25, -0.2) is 4.98 Å². The summed E-state index contributed by atoms with van der Waals surface area (Å²) in [5, 5.41) is 0. The summed E-state index contributed by atoms with van der Waals surface area (Å²) >= 11 is 0. The lowest BCUT2D eigenvalue weighted by Gasteiger charge is -2.05. The Hall–Kier alpha value is -1.00. The van der Waals surface area contributed by atoms with Crippen LogP contribution < -0.4 is 0 Å². The monoisotopic (exact) mass is 236 g/mol. The Bertz CT molecular complexity index is 306. The van der Waals surface area contributed by atoms with E-state index in [-0.39, 0.29) is 0 Å². The van der Waals surface area contributed by atoms with Crippen LogP contribution in [0.3, 0.4) is 0 Å². The first-order valence-corrected chi connectivity index (χ1v) is 5.32. The average molecular weight is 236 g/mol. The van der Waals surface area contributed by atoms with Crippen molar-refractivity contribution in [1.82, 2.24) is 9.55 Å². The number of halogens is 3. The smallest absolute Gasteiger partial charge is 0.332 e. The first-order chi connectivity index (χ1) is 7.40. The molecule has 0 aliphatic heterocycles. The number of rotatable bonds is 3. The van der Waals surface area contributed by atoms with Gasteiger partial charge in [-0.3, -0.25) is 0 Å². The summed E-state index contributed by atoms with van der Waals surface area (Å²) in [5.74, 6) is 1.15. The van der Waals surface area contributed by atoms with E-state index in [1.165, 1.54) is 24.2 Å². The number of nitrogens with zero attached hydrogens (tertiary/aromatic N) is 2. The fourth-order valence-electron chi connectivity index (χ4n) is 1.47. The Morgan fingerprint density at radius 2 is 1.69 bits per heavy atom. The molecule has 0 fully saturated rings. The average Bonchev–Trinajstić information content (AvgIpc) is 2.38. The molecule has 0 radical (unpaired) electrons. The van der Waals surface area contributed by atoms with E-state index in [4.69, 9.17) is 0 Å². The van der Waals surface area contributed by atoms with Crippen molar-refractivity contribution in [2.24, 2.45) is 0 Å². The standard InChI is InChI=1S/C10H18N2.CHF3/c1-5-6-7-12-9(3)8(2)11-10(12)4;2-1(3)4/h5-7H2,1-4H3;1H. The van der Waals surface area contributed by atoms with E-state index >= 15 is 0 Å². The Labute approximate surface area is 94.5 Å². The normalized spacial score (nSPS) is 10.2. The molecule has 0 aromatic carbocycles. The highest BCUT2D eigenvalue weighted by Crippen LogP contribution is 2.10. The molecule has 2 nitrogen and oxygen atoms in total. The van der Waals surface area contributed by atoms with Crippen LogP contribution in [0.25, 0.3) is 0 Å². The number of hydrogen-bond acceptors (Lipinski definition) is 1. The molecule has 0 atom stereocenters. The summed E-state index contributed by atoms with van der Waals surface area (Å²) in [6, 6.07) is 0. The van der Waals surface area contributed by atoms with Gasteiger partial charge in [-0.05, 0) is 27.2 Å². The number of unbranched alkanes of at least 4 members (excludes halogenated alkanes) is 1. The summed E-state index contributed by atoms with van der Waals surface area (Å²) < 4.78 is 31.3. The topological polar surface area (TPSA) is 17.8 Å². The third kappa shape index (κ3) is 5.19. The van der Waals surface area contributed by atoms with Crippen molar-refractivity contribution in [3.05, 3.63) is 17.2 Å². The number of imidazole rings is 1. The molecule has 0 amide bonds. The first-order valence-electron chi connectivity index (χ1n) is 5.32. The maximum Gasteiger partial charge on any atom is 0.379 e. The molecule has 0 saturated heterocycles. The maximum atomic E-state index is 9.67. The molecule has 16 heavy (non-hydrogen) atoms. The van der Waals surface area contributed by atoms with Crippen LogP contribution in [0.4, 0.5) is 13.2 Å². The van der Waals surface area contributed by atoms with E-state index in [1.54, 1.807) is 0 Å².